The largest absolute Gasteiger partial charge is 0.316 e. The van der Waals surface area contributed by atoms with Gasteiger partial charge >= 0.3 is 0 Å². The minimum Gasteiger partial charge on any atom is -0.316 e. The van der Waals surface area contributed by atoms with Crippen LogP contribution in [0, 0.1) is 17.8 Å². The molecule has 0 unspecified atom stereocenters. The van der Waals surface area contributed by atoms with Crippen molar-refractivity contribution in [3.63, 3.8) is 0 Å². The van der Waals surface area contributed by atoms with Gasteiger partial charge in [-0.1, -0.05) is 12.1 Å². The number of hydrogen-bond acceptors (Lipinski definition) is 1. The highest BCUT2D eigenvalue weighted by atomic mass is 19.1. The second-order valence-corrected chi connectivity index (χ2v) is 5.03. The summed E-state index contributed by atoms with van der Waals surface area (Å²) in [5, 5.41) is 3.29. The highest BCUT2D eigenvalue weighted by molar-refractivity contribution is 5.48. The molecule has 1 saturated carbocycles. The molecule has 0 atom stereocenters. The minimum atomic E-state index is -0.375. The third kappa shape index (κ3) is 1.34. The number of halogens is 1. The van der Waals surface area contributed by atoms with Crippen molar-refractivity contribution in [2.45, 2.75) is 18.8 Å². The first-order valence-corrected chi connectivity index (χ1v) is 5.60. The van der Waals surface area contributed by atoms with E-state index in [2.05, 4.69) is 10.2 Å². The van der Waals surface area contributed by atoms with Crippen LogP contribution in [0.1, 0.15) is 24.3 Å². The molecule has 1 aromatic rings. The SMILES string of the molecule is [C-]#[N+]c1ccc(C2CC3(CNC3)C2)cc1F. The molecular weight excluding hydrogens is 203 g/mol. The second-order valence-electron chi connectivity index (χ2n) is 5.03. The Morgan fingerprint density at radius 3 is 2.62 bits per heavy atom. The average molecular weight is 216 g/mol. The third-order valence-electron chi connectivity index (χ3n) is 3.92. The maximum Gasteiger partial charge on any atom is 0.222 e. The zero-order valence-corrected chi connectivity index (χ0v) is 8.96. The first-order chi connectivity index (χ1) is 7.72. The normalized spacial score (nSPS) is 22.2. The summed E-state index contributed by atoms with van der Waals surface area (Å²) in [7, 11) is 0. The van der Waals surface area contributed by atoms with Crippen LogP contribution in [0.15, 0.2) is 18.2 Å². The van der Waals surface area contributed by atoms with Crippen LogP contribution in [0.25, 0.3) is 4.85 Å². The molecule has 1 heterocycles. The summed E-state index contributed by atoms with van der Waals surface area (Å²) < 4.78 is 13.4. The molecule has 16 heavy (non-hydrogen) atoms. The van der Waals surface area contributed by atoms with Crippen LogP contribution in [0.2, 0.25) is 0 Å². The highest BCUT2D eigenvalue weighted by Gasteiger charge is 2.48. The van der Waals surface area contributed by atoms with E-state index in [4.69, 9.17) is 6.57 Å². The maximum absolute atomic E-state index is 13.4. The van der Waals surface area contributed by atoms with Crippen LogP contribution < -0.4 is 5.32 Å². The van der Waals surface area contributed by atoms with Crippen LogP contribution in [0.3, 0.4) is 0 Å². The van der Waals surface area contributed by atoms with E-state index in [1.54, 1.807) is 6.07 Å². The van der Waals surface area contributed by atoms with Crippen molar-refractivity contribution < 1.29 is 4.39 Å². The van der Waals surface area contributed by atoms with Crippen LogP contribution in [0.5, 0.6) is 0 Å². The molecule has 0 amide bonds. The summed E-state index contributed by atoms with van der Waals surface area (Å²) >= 11 is 0. The summed E-state index contributed by atoms with van der Waals surface area (Å²) in [6, 6.07) is 5.04. The lowest BCUT2D eigenvalue weighted by Gasteiger charge is -2.54. The van der Waals surface area contributed by atoms with E-state index in [1.165, 1.54) is 6.07 Å². The Hall–Kier alpha value is -1.40. The van der Waals surface area contributed by atoms with Crippen molar-refractivity contribution in [3.8, 4) is 0 Å². The van der Waals surface area contributed by atoms with E-state index < -0.39 is 0 Å². The van der Waals surface area contributed by atoms with Crippen molar-refractivity contribution in [1.82, 2.24) is 5.32 Å². The van der Waals surface area contributed by atoms with Gasteiger partial charge in [0.25, 0.3) is 0 Å². The van der Waals surface area contributed by atoms with Gasteiger partial charge in [0.05, 0.1) is 6.57 Å². The van der Waals surface area contributed by atoms with Crippen molar-refractivity contribution in [1.29, 1.82) is 0 Å². The fraction of sp³-hybridized carbons (Fsp3) is 0.462. The third-order valence-corrected chi connectivity index (χ3v) is 3.92. The molecular formula is C13H13FN2. The molecule has 1 saturated heterocycles. The fourth-order valence-electron chi connectivity index (χ4n) is 2.86. The van der Waals surface area contributed by atoms with E-state index in [9.17, 15) is 4.39 Å². The van der Waals surface area contributed by atoms with Crippen molar-refractivity contribution in [2.75, 3.05) is 13.1 Å². The van der Waals surface area contributed by atoms with Crippen molar-refractivity contribution >= 4 is 5.69 Å². The van der Waals surface area contributed by atoms with Gasteiger partial charge in [-0.25, -0.2) is 9.24 Å². The molecule has 1 spiro atoms. The molecule has 2 fully saturated rings. The van der Waals surface area contributed by atoms with Crippen molar-refractivity contribution in [2.24, 2.45) is 5.41 Å². The molecule has 1 N–H and O–H groups in total. The van der Waals surface area contributed by atoms with Gasteiger partial charge in [-0.05, 0) is 35.8 Å². The van der Waals surface area contributed by atoms with Gasteiger partial charge < -0.3 is 5.32 Å². The molecule has 1 aromatic carbocycles. The maximum atomic E-state index is 13.4. The quantitative estimate of drug-likeness (QED) is 0.714. The standard InChI is InChI=1S/C13H13FN2/c1-15-12-3-2-9(4-11(12)14)10-5-13(6-10)7-16-8-13/h2-4,10,16H,5-8H2. The molecule has 3 heteroatoms. The minimum absolute atomic E-state index is 0.128. The van der Waals surface area contributed by atoms with E-state index in [-0.39, 0.29) is 11.5 Å². The van der Waals surface area contributed by atoms with E-state index in [0.29, 0.717) is 11.3 Å². The monoisotopic (exact) mass is 216 g/mol. The fourth-order valence-corrected chi connectivity index (χ4v) is 2.86. The average Bonchev–Trinajstić information content (AvgIpc) is 2.13. The van der Waals surface area contributed by atoms with Crippen LogP contribution in [0.4, 0.5) is 10.1 Å². The van der Waals surface area contributed by atoms with E-state index in [1.807, 2.05) is 6.07 Å². The first-order valence-electron chi connectivity index (χ1n) is 5.60. The van der Waals surface area contributed by atoms with Crippen LogP contribution >= 0.6 is 0 Å². The first kappa shape index (κ1) is 9.80. The van der Waals surface area contributed by atoms with Crippen LogP contribution in [-0.4, -0.2) is 13.1 Å². The number of hydrogen-bond donors (Lipinski definition) is 1. The highest BCUT2D eigenvalue weighted by Crippen LogP contribution is 2.53. The lowest BCUT2D eigenvalue weighted by atomic mass is 9.57. The molecule has 1 aliphatic heterocycles. The Labute approximate surface area is 94.3 Å². The topological polar surface area (TPSA) is 16.4 Å². The Morgan fingerprint density at radius 2 is 2.12 bits per heavy atom. The number of nitrogens with one attached hydrogen (secondary N) is 1. The number of rotatable bonds is 1. The number of nitrogens with zero attached hydrogens (tertiary/aromatic N) is 1. The Morgan fingerprint density at radius 1 is 1.38 bits per heavy atom. The number of benzene rings is 1. The molecule has 3 rings (SSSR count). The lowest BCUT2D eigenvalue weighted by molar-refractivity contribution is 0.0362. The molecule has 82 valence electrons. The summed E-state index contributed by atoms with van der Waals surface area (Å²) in [5.74, 6) is 0.122. The van der Waals surface area contributed by atoms with E-state index >= 15 is 0 Å². The summed E-state index contributed by atoms with van der Waals surface area (Å²) in [6.07, 6.45) is 2.33. The predicted octanol–water partition coefficient (Wildman–Crippen LogP) is 2.84. The van der Waals surface area contributed by atoms with Crippen molar-refractivity contribution in [3.05, 3.63) is 41.0 Å². The Bertz CT molecular complexity index is 463. The van der Waals surface area contributed by atoms with E-state index in [0.717, 1.165) is 31.5 Å². The molecule has 0 radical (unpaired) electrons. The van der Waals surface area contributed by atoms with Gasteiger partial charge in [0.15, 0.2) is 0 Å². The summed E-state index contributed by atoms with van der Waals surface area (Å²) in [6.45, 7) is 9.03. The van der Waals surface area contributed by atoms with Gasteiger partial charge in [0.2, 0.25) is 5.69 Å². The van der Waals surface area contributed by atoms with Gasteiger partial charge in [0.1, 0.15) is 5.82 Å². The van der Waals surface area contributed by atoms with Gasteiger partial charge in [-0.15, -0.1) is 0 Å². The zero-order valence-electron chi connectivity index (χ0n) is 8.96. The Kier molecular flexibility index (Phi) is 2.02. The summed E-state index contributed by atoms with van der Waals surface area (Å²) in [5.41, 5.74) is 1.70. The zero-order chi connectivity index (χ0) is 11.2. The Balaban J connectivity index is 1.77. The van der Waals surface area contributed by atoms with Crippen LogP contribution in [-0.2, 0) is 0 Å². The molecule has 2 nitrogen and oxygen atoms in total. The smallest absolute Gasteiger partial charge is 0.222 e. The molecule has 2 aliphatic rings. The second kappa shape index (κ2) is 3.29. The molecule has 0 aromatic heterocycles. The van der Waals surface area contributed by atoms with Gasteiger partial charge in [0, 0.05) is 13.1 Å². The van der Waals surface area contributed by atoms with Gasteiger partial charge in [-0.3, -0.25) is 0 Å². The lowest BCUT2D eigenvalue weighted by Crippen LogP contribution is -2.59. The predicted molar refractivity (Wildman–Crippen MR) is 59.9 cm³/mol. The van der Waals surface area contributed by atoms with Gasteiger partial charge in [-0.2, -0.15) is 0 Å². The molecule has 0 bridgehead atoms. The summed E-state index contributed by atoms with van der Waals surface area (Å²) in [4.78, 5) is 3.14. The molecule has 1 aliphatic carbocycles.